The molecule has 0 aliphatic rings. The molecule has 0 spiro atoms. The fraction of sp³-hybridized carbons (Fsp3) is 0.333. The Bertz CT molecular complexity index is 523. The van der Waals surface area contributed by atoms with Crippen LogP contribution in [0.15, 0.2) is 54.6 Å². The summed E-state index contributed by atoms with van der Waals surface area (Å²) in [6.45, 7) is 2.98. The smallest absolute Gasteiger partial charge is 0.127 e. The summed E-state index contributed by atoms with van der Waals surface area (Å²) in [5.74, 6) is 0.996. The van der Waals surface area contributed by atoms with Crippen LogP contribution in [0, 0.1) is 0 Å². The second kappa shape index (κ2) is 7.63. The van der Waals surface area contributed by atoms with Gasteiger partial charge >= 0.3 is 0 Å². The van der Waals surface area contributed by atoms with Gasteiger partial charge in [-0.3, -0.25) is 0 Å². The third-order valence-electron chi connectivity index (χ3n) is 3.14. The highest BCUT2D eigenvalue weighted by molar-refractivity contribution is 5.88. The minimum absolute atomic E-state index is 0.782. The summed E-state index contributed by atoms with van der Waals surface area (Å²) >= 11 is 0. The SMILES string of the molecule is CCC/C=C/CCCOc1cccc2ccccc12. The van der Waals surface area contributed by atoms with Gasteiger partial charge in [-0.1, -0.05) is 61.9 Å². The van der Waals surface area contributed by atoms with Crippen molar-refractivity contribution in [1.29, 1.82) is 0 Å². The highest BCUT2D eigenvalue weighted by atomic mass is 16.5. The van der Waals surface area contributed by atoms with Crippen molar-refractivity contribution in [2.45, 2.75) is 32.6 Å². The molecule has 100 valence electrons. The maximum atomic E-state index is 5.89. The van der Waals surface area contributed by atoms with Gasteiger partial charge in [0.15, 0.2) is 0 Å². The molecule has 2 aromatic rings. The molecule has 0 heterocycles. The fourth-order valence-corrected chi connectivity index (χ4v) is 2.11. The van der Waals surface area contributed by atoms with Crippen molar-refractivity contribution in [2.75, 3.05) is 6.61 Å². The van der Waals surface area contributed by atoms with Crippen LogP contribution in [0.1, 0.15) is 32.6 Å². The molecule has 0 atom stereocenters. The molecular formula is C18H22O. The molecule has 0 unspecified atom stereocenters. The Balaban J connectivity index is 1.85. The van der Waals surface area contributed by atoms with E-state index in [4.69, 9.17) is 4.74 Å². The van der Waals surface area contributed by atoms with Gasteiger partial charge in [0.2, 0.25) is 0 Å². The normalized spacial score (nSPS) is 11.2. The predicted octanol–water partition coefficient (Wildman–Crippen LogP) is 5.36. The molecule has 0 saturated heterocycles. The molecule has 0 amide bonds. The maximum Gasteiger partial charge on any atom is 0.127 e. The first-order valence-electron chi connectivity index (χ1n) is 7.17. The number of hydrogen-bond acceptors (Lipinski definition) is 1. The lowest BCUT2D eigenvalue weighted by Crippen LogP contribution is -1.97. The van der Waals surface area contributed by atoms with Crippen molar-refractivity contribution in [3.63, 3.8) is 0 Å². The van der Waals surface area contributed by atoms with Crippen molar-refractivity contribution >= 4 is 10.8 Å². The number of fused-ring (bicyclic) bond motifs is 1. The van der Waals surface area contributed by atoms with Crippen LogP contribution >= 0.6 is 0 Å². The van der Waals surface area contributed by atoms with E-state index in [0.717, 1.165) is 25.2 Å². The van der Waals surface area contributed by atoms with Gasteiger partial charge in [-0.15, -0.1) is 0 Å². The molecule has 1 nitrogen and oxygen atoms in total. The summed E-state index contributed by atoms with van der Waals surface area (Å²) in [6.07, 6.45) is 9.11. The van der Waals surface area contributed by atoms with E-state index >= 15 is 0 Å². The van der Waals surface area contributed by atoms with E-state index in [0.29, 0.717) is 0 Å². The summed E-state index contributed by atoms with van der Waals surface area (Å²) < 4.78 is 5.89. The molecule has 0 aliphatic carbocycles. The Morgan fingerprint density at radius 1 is 0.947 bits per heavy atom. The number of ether oxygens (including phenoxy) is 1. The Labute approximate surface area is 115 Å². The Morgan fingerprint density at radius 2 is 1.74 bits per heavy atom. The van der Waals surface area contributed by atoms with Gasteiger partial charge in [0, 0.05) is 5.39 Å². The summed E-state index contributed by atoms with van der Waals surface area (Å²) in [4.78, 5) is 0. The summed E-state index contributed by atoms with van der Waals surface area (Å²) in [6, 6.07) is 14.6. The summed E-state index contributed by atoms with van der Waals surface area (Å²) in [5, 5.41) is 2.44. The number of allylic oxidation sites excluding steroid dienone is 2. The van der Waals surface area contributed by atoms with E-state index in [1.54, 1.807) is 0 Å². The molecule has 0 fully saturated rings. The molecule has 0 aliphatic heterocycles. The van der Waals surface area contributed by atoms with Crippen molar-refractivity contribution in [3.05, 3.63) is 54.6 Å². The van der Waals surface area contributed by atoms with Crippen LogP contribution in [0.25, 0.3) is 10.8 Å². The van der Waals surface area contributed by atoms with Crippen LogP contribution in [0.4, 0.5) is 0 Å². The minimum atomic E-state index is 0.782. The molecule has 19 heavy (non-hydrogen) atoms. The number of unbranched alkanes of at least 4 members (excludes halogenated alkanes) is 2. The molecule has 2 rings (SSSR count). The van der Waals surface area contributed by atoms with Gasteiger partial charge in [0.05, 0.1) is 6.61 Å². The Kier molecular flexibility index (Phi) is 5.49. The van der Waals surface area contributed by atoms with Crippen LogP contribution < -0.4 is 4.74 Å². The van der Waals surface area contributed by atoms with Gasteiger partial charge in [0.25, 0.3) is 0 Å². The van der Waals surface area contributed by atoms with E-state index in [-0.39, 0.29) is 0 Å². The molecule has 0 bridgehead atoms. The van der Waals surface area contributed by atoms with Crippen molar-refractivity contribution < 1.29 is 4.74 Å². The van der Waals surface area contributed by atoms with Gasteiger partial charge in [0.1, 0.15) is 5.75 Å². The summed E-state index contributed by atoms with van der Waals surface area (Å²) in [7, 11) is 0. The second-order valence-corrected chi connectivity index (χ2v) is 4.73. The summed E-state index contributed by atoms with van der Waals surface area (Å²) in [5.41, 5.74) is 0. The van der Waals surface area contributed by atoms with E-state index in [1.807, 2.05) is 0 Å². The largest absolute Gasteiger partial charge is 0.493 e. The van der Waals surface area contributed by atoms with Gasteiger partial charge in [-0.05, 0) is 30.7 Å². The zero-order valence-electron chi connectivity index (χ0n) is 11.6. The topological polar surface area (TPSA) is 9.23 Å². The van der Waals surface area contributed by atoms with Crippen molar-refractivity contribution in [1.82, 2.24) is 0 Å². The van der Waals surface area contributed by atoms with Gasteiger partial charge in [-0.2, -0.15) is 0 Å². The van der Waals surface area contributed by atoms with Crippen molar-refractivity contribution in [2.24, 2.45) is 0 Å². The molecule has 0 radical (unpaired) electrons. The van der Waals surface area contributed by atoms with Crippen LogP contribution in [0.2, 0.25) is 0 Å². The van der Waals surface area contributed by atoms with E-state index in [2.05, 4.69) is 61.5 Å². The first-order chi connectivity index (χ1) is 9.42. The maximum absolute atomic E-state index is 5.89. The Morgan fingerprint density at radius 3 is 2.63 bits per heavy atom. The lowest BCUT2D eigenvalue weighted by atomic mass is 10.1. The number of rotatable bonds is 7. The highest BCUT2D eigenvalue weighted by Gasteiger charge is 2.00. The van der Waals surface area contributed by atoms with Crippen molar-refractivity contribution in [3.8, 4) is 5.75 Å². The Hall–Kier alpha value is -1.76. The lowest BCUT2D eigenvalue weighted by Gasteiger charge is -2.08. The van der Waals surface area contributed by atoms with E-state index in [9.17, 15) is 0 Å². The molecule has 1 heteroatoms. The molecule has 0 N–H and O–H groups in total. The molecule has 0 saturated carbocycles. The van der Waals surface area contributed by atoms with Crippen LogP contribution in [-0.4, -0.2) is 6.61 Å². The second-order valence-electron chi connectivity index (χ2n) is 4.73. The first-order valence-corrected chi connectivity index (χ1v) is 7.17. The quantitative estimate of drug-likeness (QED) is 0.477. The fourth-order valence-electron chi connectivity index (χ4n) is 2.11. The monoisotopic (exact) mass is 254 g/mol. The number of benzene rings is 2. The third kappa shape index (κ3) is 4.13. The predicted molar refractivity (Wildman–Crippen MR) is 82.7 cm³/mol. The van der Waals surface area contributed by atoms with E-state index in [1.165, 1.54) is 23.6 Å². The van der Waals surface area contributed by atoms with Gasteiger partial charge < -0.3 is 4.74 Å². The first kappa shape index (κ1) is 13.7. The zero-order chi connectivity index (χ0) is 13.3. The van der Waals surface area contributed by atoms with Gasteiger partial charge in [-0.25, -0.2) is 0 Å². The highest BCUT2D eigenvalue weighted by Crippen LogP contribution is 2.25. The molecular weight excluding hydrogens is 232 g/mol. The van der Waals surface area contributed by atoms with Crippen LogP contribution in [-0.2, 0) is 0 Å². The van der Waals surface area contributed by atoms with E-state index < -0.39 is 0 Å². The average Bonchev–Trinajstić information content (AvgIpc) is 2.46. The molecule has 2 aromatic carbocycles. The standard InChI is InChI=1S/C18H22O/c1-2-3-4-5-6-9-15-19-18-14-10-12-16-11-7-8-13-17(16)18/h4-5,7-8,10-14H,2-3,6,9,15H2,1H3/b5-4+. The van der Waals surface area contributed by atoms with Crippen LogP contribution in [0.3, 0.4) is 0 Å². The number of hydrogen-bond donors (Lipinski definition) is 0. The lowest BCUT2D eigenvalue weighted by molar-refractivity contribution is 0.315. The third-order valence-corrected chi connectivity index (χ3v) is 3.14. The van der Waals surface area contributed by atoms with Crippen LogP contribution in [0.5, 0.6) is 5.75 Å². The molecule has 0 aromatic heterocycles. The zero-order valence-corrected chi connectivity index (χ0v) is 11.6. The minimum Gasteiger partial charge on any atom is -0.493 e. The average molecular weight is 254 g/mol.